The molecule has 1 heterocycles. The van der Waals surface area contributed by atoms with Gasteiger partial charge in [0.2, 0.25) is 0 Å². The van der Waals surface area contributed by atoms with E-state index in [0.717, 1.165) is 18.0 Å². The zero-order chi connectivity index (χ0) is 19.8. The number of ether oxygens (including phenoxy) is 1. The van der Waals surface area contributed by atoms with Gasteiger partial charge in [-0.25, -0.2) is 4.99 Å². The number of hydrogen-bond donors (Lipinski definition) is 2. The third-order valence-corrected chi connectivity index (χ3v) is 4.88. The van der Waals surface area contributed by atoms with E-state index in [1.165, 1.54) is 43.5 Å². The van der Waals surface area contributed by atoms with Crippen molar-refractivity contribution in [2.45, 2.75) is 52.3 Å². The van der Waals surface area contributed by atoms with Crippen LogP contribution >= 0.6 is 0 Å². The maximum absolute atomic E-state index is 6.10. The van der Waals surface area contributed by atoms with Crippen molar-refractivity contribution in [1.82, 2.24) is 4.90 Å². The molecule has 1 saturated heterocycles. The second-order valence-electron chi connectivity index (χ2n) is 7.62. The van der Waals surface area contributed by atoms with Gasteiger partial charge in [0, 0.05) is 12.2 Å². The third-order valence-electron chi connectivity index (χ3n) is 4.88. The summed E-state index contributed by atoms with van der Waals surface area (Å²) in [5.74, 6) is 1.27. The summed E-state index contributed by atoms with van der Waals surface area (Å²) >= 11 is 0. The molecule has 0 aliphatic carbocycles. The van der Waals surface area contributed by atoms with E-state index in [0.29, 0.717) is 12.5 Å². The fraction of sp³-hybridized carbons (Fsp3) is 0.435. The summed E-state index contributed by atoms with van der Waals surface area (Å²) < 4.78 is 5.66. The molecule has 0 spiro atoms. The zero-order valence-corrected chi connectivity index (χ0v) is 17.0. The minimum atomic E-state index is 0.162. The van der Waals surface area contributed by atoms with Crippen LogP contribution in [0.1, 0.15) is 44.2 Å². The summed E-state index contributed by atoms with van der Waals surface area (Å²) in [6.07, 6.45) is 4.13. The van der Waals surface area contributed by atoms with Crippen LogP contribution in [0.15, 0.2) is 53.5 Å². The smallest absolute Gasteiger partial charge is 0.193 e. The molecule has 3 rings (SSSR count). The van der Waals surface area contributed by atoms with E-state index in [2.05, 4.69) is 39.5 Å². The van der Waals surface area contributed by atoms with Gasteiger partial charge in [0.25, 0.3) is 0 Å². The van der Waals surface area contributed by atoms with Crippen LogP contribution in [0, 0.1) is 0 Å². The molecule has 0 amide bonds. The Bertz CT molecular complexity index is 764. The third kappa shape index (κ3) is 6.27. The lowest BCUT2D eigenvalue weighted by atomic mass is 10.1. The number of nitrogens with two attached hydrogens (primary N) is 1. The first-order valence-electron chi connectivity index (χ1n) is 10.2. The number of nitrogens with zero attached hydrogens (tertiary/aromatic N) is 2. The van der Waals surface area contributed by atoms with Crippen LogP contribution in [-0.2, 0) is 13.1 Å². The number of guanidine groups is 1. The number of nitrogens with one attached hydrogen (secondary N) is 1. The second kappa shape index (κ2) is 10.1. The lowest BCUT2D eigenvalue weighted by molar-refractivity contribution is 0.220. The molecule has 150 valence electrons. The van der Waals surface area contributed by atoms with Gasteiger partial charge in [0.05, 0.1) is 12.6 Å². The molecule has 0 unspecified atom stereocenters. The van der Waals surface area contributed by atoms with Gasteiger partial charge in [0.1, 0.15) is 5.75 Å². The van der Waals surface area contributed by atoms with E-state index >= 15 is 0 Å². The molecule has 28 heavy (non-hydrogen) atoms. The number of aliphatic imine (C=N–C) groups is 1. The highest BCUT2D eigenvalue weighted by Gasteiger charge is 2.12. The molecule has 1 fully saturated rings. The van der Waals surface area contributed by atoms with Gasteiger partial charge in [0.15, 0.2) is 5.96 Å². The van der Waals surface area contributed by atoms with Crippen molar-refractivity contribution in [3.05, 3.63) is 59.7 Å². The maximum Gasteiger partial charge on any atom is 0.193 e. The molecule has 5 heteroatoms. The van der Waals surface area contributed by atoms with Crippen LogP contribution < -0.4 is 15.8 Å². The summed E-state index contributed by atoms with van der Waals surface area (Å²) in [5, 5.41) is 3.16. The van der Waals surface area contributed by atoms with Crippen molar-refractivity contribution in [2.75, 3.05) is 18.4 Å². The van der Waals surface area contributed by atoms with Gasteiger partial charge >= 0.3 is 0 Å². The summed E-state index contributed by atoms with van der Waals surface area (Å²) in [6, 6.07) is 16.3. The van der Waals surface area contributed by atoms with Crippen LogP contribution in [0.5, 0.6) is 5.75 Å². The van der Waals surface area contributed by atoms with Crippen molar-refractivity contribution in [3.8, 4) is 5.75 Å². The molecule has 1 aliphatic rings. The minimum absolute atomic E-state index is 0.162. The molecular formula is C23H32N4O. The predicted molar refractivity (Wildman–Crippen MR) is 117 cm³/mol. The molecule has 1 aliphatic heterocycles. The minimum Gasteiger partial charge on any atom is -0.491 e. The summed E-state index contributed by atoms with van der Waals surface area (Å²) in [7, 11) is 0. The fourth-order valence-electron chi connectivity index (χ4n) is 3.47. The largest absolute Gasteiger partial charge is 0.491 e. The van der Waals surface area contributed by atoms with E-state index < -0.39 is 0 Å². The topological polar surface area (TPSA) is 62.9 Å². The van der Waals surface area contributed by atoms with Crippen LogP contribution in [0.3, 0.4) is 0 Å². The van der Waals surface area contributed by atoms with Crippen molar-refractivity contribution >= 4 is 11.6 Å². The highest BCUT2D eigenvalue weighted by molar-refractivity contribution is 5.92. The van der Waals surface area contributed by atoms with Gasteiger partial charge in [-0.3, -0.25) is 4.90 Å². The molecular weight excluding hydrogens is 348 g/mol. The van der Waals surface area contributed by atoms with Gasteiger partial charge in [-0.05, 0) is 75.2 Å². The number of anilines is 1. The van der Waals surface area contributed by atoms with Crippen molar-refractivity contribution in [1.29, 1.82) is 0 Å². The Morgan fingerprint density at radius 3 is 2.39 bits per heavy atom. The van der Waals surface area contributed by atoms with E-state index in [1.807, 2.05) is 38.1 Å². The molecule has 0 aromatic heterocycles. The lowest BCUT2D eigenvalue weighted by Crippen LogP contribution is -2.29. The molecule has 2 aromatic rings. The highest BCUT2D eigenvalue weighted by Crippen LogP contribution is 2.18. The molecule has 0 bridgehead atoms. The molecule has 2 aromatic carbocycles. The quantitative estimate of drug-likeness (QED) is 0.552. The molecule has 0 saturated carbocycles. The molecule has 5 nitrogen and oxygen atoms in total. The van der Waals surface area contributed by atoms with E-state index in [-0.39, 0.29) is 6.10 Å². The SMILES string of the molecule is CC(C)Oc1ccc(NC(N)=NCc2ccccc2CN2CCCCC2)cc1. The first-order chi connectivity index (χ1) is 13.6. The Balaban J connectivity index is 1.58. The van der Waals surface area contributed by atoms with Gasteiger partial charge < -0.3 is 15.8 Å². The van der Waals surface area contributed by atoms with Crippen molar-refractivity contribution in [3.63, 3.8) is 0 Å². The van der Waals surface area contributed by atoms with Gasteiger partial charge in [-0.15, -0.1) is 0 Å². The van der Waals surface area contributed by atoms with Crippen LogP contribution in [0.25, 0.3) is 0 Å². The molecule has 0 atom stereocenters. The predicted octanol–water partition coefficient (Wildman–Crippen LogP) is 4.39. The first kappa shape index (κ1) is 20.2. The number of benzene rings is 2. The normalized spacial score (nSPS) is 15.6. The Labute approximate surface area is 168 Å². The Kier molecular flexibility index (Phi) is 7.31. The first-order valence-corrected chi connectivity index (χ1v) is 10.2. The number of rotatable bonds is 7. The van der Waals surface area contributed by atoms with E-state index in [1.54, 1.807) is 0 Å². The van der Waals surface area contributed by atoms with Crippen LogP contribution in [-0.4, -0.2) is 30.1 Å². The van der Waals surface area contributed by atoms with Gasteiger partial charge in [-0.1, -0.05) is 30.7 Å². The molecule has 0 radical (unpaired) electrons. The van der Waals surface area contributed by atoms with Crippen LogP contribution in [0.2, 0.25) is 0 Å². The summed E-state index contributed by atoms with van der Waals surface area (Å²) in [6.45, 7) is 7.99. The molecule has 3 N–H and O–H groups in total. The zero-order valence-electron chi connectivity index (χ0n) is 17.0. The average molecular weight is 381 g/mol. The second-order valence-corrected chi connectivity index (χ2v) is 7.62. The fourth-order valence-corrected chi connectivity index (χ4v) is 3.47. The number of piperidine rings is 1. The Morgan fingerprint density at radius 2 is 1.71 bits per heavy atom. The summed E-state index contributed by atoms with van der Waals surface area (Å²) in [5.41, 5.74) is 9.58. The van der Waals surface area contributed by atoms with Gasteiger partial charge in [-0.2, -0.15) is 0 Å². The van der Waals surface area contributed by atoms with E-state index in [4.69, 9.17) is 10.5 Å². The number of likely N-dealkylation sites (tertiary alicyclic amines) is 1. The summed E-state index contributed by atoms with van der Waals surface area (Å²) in [4.78, 5) is 7.08. The lowest BCUT2D eigenvalue weighted by Gasteiger charge is -2.27. The van der Waals surface area contributed by atoms with Crippen LogP contribution in [0.4, 0.5) is 5.69 Å². The Hall–Kier alpha value is -2.53. The Morgan fingerprint density at radius 1 is 1.04 bits per heavy atom. The maximum atomic E-state index is 6.10. The number of hydrogen-bond acceptors (Lipinski definition) is 3. The standard InChI is InChI=1S/C23H32N4O/c1-18(2)28-22-12-10-21(11-13-22)26-23(24)25-16-19-8-4-5-9-20(19)17-27-14-6-3-7-15-27/h4-5,8-13,18H,3,6-7,14-17H2,1-2H3,(H3,24,25,26). The highest BCUT2D eigenvalue weighted by atomic mass is 16.5. The van der Waals surface area contributed by atoms with E-state index in [9.17, 15) is 0 Å². The van der Waals surface area contributed by atoms with Crippen molar-refractivity contribution in [2.24, 2.45) is 10.7 Å². The van der Waals surface area contributed by atoms with Crippen molar-refractivity contribution < 1.29 is 4.74 Å². The average Bonchev–Trinajstić information content (AvgIpc) is 2.69. The monoisotopic (exact) mass is 380 g/mol.